The van der Waals surface area contributed by atoms with Gasteiger partial charge in [-0.25, -0.2) is 0 Å². The van der Waals surface area contributed by atoms with Crippen molar-refractivity contribution in [3.8, 4) is 0 Å². The molecule has 0 spiro atoms. The maximum atomic E-state index is 12.0. The fraction of sp³-hybridized carbons (Fsp3) is 0.500. The van der Waals surface area contributed by atoms with Crippen LogP contribution in [-0.2, 0) is 14.3 Å². The first kappa shape index (κ1) is 16.5. The second-order valence-electron chi connectivity index (χ2n) is 4.95. The normalized spacial score (nSPS) is 15.5. The number of hydrogen-bond donors (Lipinski definition) is 1. The Labute approximate surface area is 136 Å². The molecule has 7 nitrogen and oxygen atoms in total. The van der Waals surface area contributed by atoms with E-state index in [1.807, 2.05) is 0 Å². The third kappa shape index (κ3) is 4.33. The fourth-order valence-corrected chi connectivity index (χ4v) is 2.47. The number of carbonyl (C=O) groups is 3. The predicted octanol–water partition coefficient (Wildman–Crippen LogP) is 1.33. The van der Waals surface area contributed by atoms with Crippen LogP contribution in [0.2, 0.25) is 0 Å². The number of halogens is 1. The molecule has 1 atom stereocenters. The minimum Gasteiger partial charge on any atom is -0.451 e. The Morgan fingerprint density at radius 2 is 2.05 bits per heavy atom. The third-order valence-electron chi connectivity index (χ3n) is 3.26. The average molecular weight is 373 g/mol. The van der Waals surface area contributed by atoms with Crippen LogP contribution >= 0.6 is 15.9 Å². The molecule has 1 aliphatic heterocycles. The third-order valence-corrected chi connectivity index (χ3v) is 3.69. The lowest BCUT2D eigenvalue weighted by Gasteiger charge is -2.20. The number of likely N-dealkylation sites (tertiary alicyclic amines) is 1. The van der Waals surface area contributed by atoms with Crippen molar-refractivity contribution < 1.29 is 23.5 Å². The van der Waals surface area contributed by atoms with E-state index in [0.717, 1.165) is 12.8 Å². The number of hydrogen-bond acceptors (Lipinski definition) is 5. The summed E-state index contributed by atoms with van der Waals surface area (Å²) in [4.78, 5) is 37.0. The summed E-state index contributed by atoms with van der Waals surface area (Å²) in [7, 11) is 0. The van der Waals surface area contributed by atoms with E-state index in [9.17, 15) is 14.4 Å². The molecule has 22 heavy (non-hydrogen) atoms. The number of rotatable bonds is 5. The van der Waals surface area contributed by atoms with Gasteiger partial charge in [0.15, 0.2) is 16.5 Å². The summed E-state index contributed by atoms with van der Waals surface area (Å²) in [6, 6.07) is 3.05. The van der Waals surface area contributed by atoms with E-state index in [1.54, 1.807) is 11.0 Å². The Kier molecular flexibility index (Phi) is 5.59. The Hall–Kier alpha value is -1.83. The van der Waals surface area contributed by atoms with Gasteiger partial charge in [-0.3, -0.25) is 14.4 Å². The van der Waals surface area contributed by atoms with Crippen molar-refractivity contribution in [2.45, 2.75) is 25.9 Å². The lowest BCUT2D eigenvalue weighted by molar-refractivity contribution is -0.157. The lowest BCUT2D eigenvalue weighted by Crippen LogP contribution is -2.40. The Balaban J connectivity index is 1.75. The maximum absolute atomic E-state index is 12.0. The quantitative estimate of drug-likeness (QED) is 0.787. The second kappa shape index (κ2) is 7.44. The molecule has 2 amide bonds. The van der Waals surface area contributed by atoms with E-state index in [1.165, 1.54) is 13.0 Å². The first-order valence-electron chi connectivity index (χ1n) is 6.99. The number of furan rings is 1. The molecule has 2 heterocycles. The molecule has 120 valence electrons. The molecule has 1 saturated heterocycles. The monoisotopic (exact) mass is 372 g/mol. The van der Waals surface area contributed by atoms with E-state index in [2.05, 4.69) is 21.2 Å². The van der Waals surface area contributed by atoms with E-state index in [4.69, 9.17) is 9.15 Å². The van der Waals surface area contributed by atoms with Crippen LogP contribution in [0, 0.1) is 0 Å². The van der Waals surface area contributed by atoms with Gasteiger partial charge in [0.2, 0.25) is 0 Å². The van der Waals surface area contributed by atoms with Gasteiger partial charge < -0.3 is 19.4 Å². The van der Waals surface area contributed by atoms with E-state index in [-0.39, 0.29) is 18.2 Å². The van der Waals surface area contributed by atoms with Gasteiger partial charge in [0.05, 0.1) is 0 Å². The molecule has 1 unspecified atom stereocenters. The van der Waals surface area contributed by atoms with Gasteiger partial charge in [0, 0.05) is 13.1 Å². The average Bonchev–Trinajstić information content (AvgIpc) is 3.15. The van der Waals surface area contributed by atoms with Crippen LogP contribution in [-0.4, -0.2) is 48.4 Å². The molecule has 0 aliphatic carbocycles. The van der Waals surface area contributed by atoms with Gasteiger partial charge in [0.25, 0.3) is 11.8 Å². The van der Waals surface area contributed by atoms with Crippen molar-refractivity contribution in [1.29, 1.82) is 0 Å². The molecule has 1 fully saturated rings. The topological polar surface area (TPSA) is 88.8 Å². The molecule has 2 rings (SSSR count). The molecular weight excluding hydrogens is 356 g/mol. The van der Waals surface area contributed by atoms with Crippen molar-refractivity contribution in [2.75, 3.05) is 19.6 Å². The van der Waals surface area contributed by atoms with E-state index < -0.39 is 18.0 Å². The molecule has 8 heteroatoms. The van der Waals surface area contributed by atoms with Gasteiger partial charge in [0.1, 0.15) is 6.54 Å². The standard InChI is InChI=1S/C14H17BrN2O5/c1-9(14(20)17-6-2-3-7-17)21-12(18)8-16-13(19)10-4-5-11(15)22-10/h4-5,9H,2-3,6-8H2,1H3,(H,16,19). The zero-order valence-electron chi connectivity index (χ0n) is 12.1. The highest BCUT2D eigenvalue weighted by molar-refractivity contribution is 9.10. The molecular formula is C14H17BrN2O5. The number of amides is 2. The molecule has 1 aromatic rings. The van der Waals surface area contributed by atoms with Gasteiger partial charge in [-0.05, 0) is 47.8 Å². The first-order chi connectivity index (χ1) is 10.5. The highest BCUT2D eigenvalue weighted by atomic mass is 79.9. The minimum absolute atomic E-state index is 0.0841. The summed E-state index contributed by atoms with van der Waals surface area (Å²) in [6.45, 7) is 2.61. The minimum atomic E-state index is -0.847. The SMILES string of the molecule is CC(OC(=O)CNC(=O)c1ccc(Br)o1)C(=O)N1CCCC1. The summed E-state index contributed by atoms with van der Waals surface area (Å²) < 4.78 is 10.5. The van der Waals surface area contributed by atoms with Gasteiger partial charge in [-0.1, -0.05) is 0 Å². The van der Waals surface area contributed by atoms with Gasteiger partial charge in [-0.2, -0.15) is 0 Å². The summed E-state index contributed by atoms with van der Waals surface area (Å²) in [5, 5.41) is 2.37. The predicted molar refractivity (Wildman–Crippen MR) is 80.1 cm³/mol. The van der Waals surface area contributed by atoms with Crippen molar-refractivity contribution in [3.05, 3.63) is 22.6 Å². The molecule has 0 radical (unpaired) electrons. The number of nitrogens with one attached hydrogen (secondary N) is 1. The van der Waals surface area contributed by atoms with E-state index >= 15 is 0 Å². The summed E-state index contributed by atoms with van der Waals surface area (Å²) in [6.07, 6.45) is 1.10. The van der Waals surface area contributed by atoms with Crippen LogP contribution in [0.15, 0.2) is 21.2 Å². The highest BCUT2D eigenvalue weighted by Crippen LogP contribution is 2.13. The number of esters is 1. The molecule has 0 aromatic carbocycles. The lowest BCUT2D eigenvalue weighted by atomic mass is 10.3. The zero-order chi connectivity index (χ0) is 16.1. The smallest absolute Gasteiger partial charge is 0.326 e. The van der Waals surface area contributed by atoms with Crippen LogP contribution < -0.4 is 5.32 Å². The van der Waals surface area contributed by atoms with Crippen LogP contribution in [0.3, 0.4) is 0 Å². The summed E-state index contributed by atoms with van der Waals surface area (Å²) in [5.41, 5.74) is 0. The molecule has 0 bridgehead atoms. The van der Waals surface area contributed by atoms with Crippen molar-refractivity contribution in [1.82, 2.24) is 10.2 Å². The fourth-order valence-electron chi connectivity index (χ4n) is 2.16. The van der Waals surface area contributed by atoms with Gasteiger partial charge >= 0.3 is 5.97 Å². The number of nitrogens with zero attached hydrogens (tertiary/aromatic N) is 1. The van der Waals surface area contributed by atoms with Crippen LogP contribution in [0.5, 0.6) is 0 Å². The summed E-state index contributed by atoms with van der Waals surface area (Å²) in [5.74, 6) is -1.31. The van der Waals surface area contributed by atoms with Crippen LogP contribution in [0.25, 0.3) is 0 Å². The van der Waals surface area contributed by atoms with E-state index in [0.29, 0.717) is 17.8 Å². The first-order valence-corrected chi connectivity index (χ1v) is 7.78. The highest BCUT2D eigenvalue weighted by Gasteiger charge is 2.26. The Morgan fingerprint density at radius 1 is 1.36 bits per heavy atom. The summed E-state index contributed by atoms with van der Waals surface area (Å²) >= 11 is 3.08. The van der Waals surface area contributed by atoms with Crippen molar-refractivity contribution in [3.63, 3.8) is 0 Å². The second-order valence-corrected chi connectivity index (χ2v) is 5.73. The van der Waals surface area contributed by atoms with Crippen molar-refractivity contribution in [2.24, 2.45) is 0 Å². The van der Waals surface area contributed by atoms with Gasteiger partial charge in [-0.15, -0.1) is 0 Å². The van der Waals surface area contributed by atoms with Crippen LogP contribution in [0.4, 0.5) is 0 Å². The number of carbonyl (C=O) groups excluding carboxylic acids is 3. The Morgan fingerprint density at radius 3 is 2.64 bits per heavy atom. The molecule has 1 aliphatic rings. The molecule has 0 saturated carbocycles. The molecule has 1 N–H and O–H groups in total. The molecule has 1 aromatic heterocycles. The van der Waals surface area contributed by atoms with Crippen LogP contribution in [0.1, 0.15) is 30.3 Å². The largest absolute Gasteiger partial charge is 0.451 e. The Bertz CT molecular complexity index is 565. The van der Waals surface area contributed by atoms with Crippen molar-refractivity contribution >= 4 is 33.7 Å². The maximum Gasteiger partial charge on any atom is 0.326 e. The number of ether oxygens (including phenoxy) is 1. The zero-order valence-corrected chi connectivity index (χ0v) is 13.7.